The van der Waals surface area contributed by atoms with E-state index in [0.29, 0.717) is 5.82 Å². The van der Waals surface area contributed by atoms with E-state index in [2.05, 4.69) is 51.5 Å². The van der Waals surface area contributed by atoms with Gasteiger partial charge < -0.3 is 5.32 Å². The Morgan fingerprint density at radius 1 is 0.800 bits per heavy atom. The summed E-state index contributed by atoms with van der Waals surface area (Å²) in [6.45, 7) is 2.88. The van der Waals surface area contributed by atoms with Gasteiger partial charge in [0.05, 0.1) is 5.52 Å². The number of hydrogen-bond acceptors (Lipinski definition) is 4. The van der Waals surface area contributed by atoms with Gasteiger partial charge in [-0.2, -0.15) is 0 Å². The highest BCUT2D eigenvalue weighted by molar-refractivity contribution is 5.90. The van der Waals surface area contributed by atoms with Crippen molar-refractivity contribution in [2.75, 3.05) is 11.9 Å². The first-order valence-electron chi connectivity index (χ1n) is 8.36. The van der Waals surface area contributed by atoms with Crippen LogP contribution in [0.3, 0.4) is 0 Å². The van der Waals surface area contributed by atoms with Crippen molar-refractivity contribution in [3.63, 3.8) is 0 Å². The van der Waals surface area contributed by atoms with Crippen LogP contribution >= 0.6 is 0 Å². The van der Waals surface area contributed by atoms with Gasteiger partial charge in [0.15, 0.2) is 5.82 Å². The second kappa shape index (κ2) is 6.69. The molecule has 2 aromatic heterocycles. The highest BCUT2D eigenvalue weighted by Gasteiger charge is 2.08. The van der Waals surface area contributed by atoms with Crippen LogP contribution in [0.25, 0.3) is 33.4 Å². The van der Waals surface area contributed by atoms with E-state index in [-0.39, 0.29) is 0 Å². The van der Waals surface area contributed by atoms with E-state index in [1.807, 2.05) is 36.4 Å². The van der Waals surface area contributed by atoms with E-state index in [1.165, 1.54) is 11.1 Å². The number of pyridine rings is 1. The molecule has 1 aromatic carbocycles. The number of benzene rings is 2. The van der Waals surface area contributed by atoms with Crippen LogP contribution in [0.15, 0.2) is 73.1 Å². The molecular formula is C21H18N4. The summed E-state index contributed by atoms with van der Waals surface area (Å²) in [6, 6.07) is 20.3. The van der Waals surface area contributed by atoms with Crippen LogP contribution in [0.2, 0.25) is 0 Å². The summed E-state index contributed by atoms with van der Waals surface area (Å²) < 4.78 is 0. The predicted octanol–water partition coefficient (Wildman–Crippen LogP) is 4.79. The van der Waals surface area contributed by atoms with Crippen LogP contribution in [0.5, 0.6) is 0 Å². The van der Waals surface area contributed by atoms with Gasteiger partial charge in [0.2, 0.25) is 0 Å². The lowest BCUT2D eigenvalue weighted by molar-refractivity contribution is 1.14. The third kappa shape index (κ3) is 3.06. The van der Waals surface area contributed by atoms with Gasteiger partial charge in [-0.05, 0) is 42.3 Å². The molecule has 1 N–H and O–H groups in total. The summed E-state index contributed by atoms with van der Waals surface area (Å²) in [4.78, 5) is 13.3. The summed E-state index contributed by atoms with van der Waals surface area (Å²) in [5.74, 6) is 1.56. The van der Waals surface area contributed by atoms with E-state index in [1.54, 1.807) is 12.4 Å². The highest BCUT2D eigenvalue weighted by Crippen LogP contribution is 2.29. The molecule has 4 heteroatoms. The van der Waals surface area contributed by atoms with Crippen molar-refractivity contribution < 1.29 is 0 Å². The van der Waals surface area contributed by atoms with Crippen LogP contribution in [0.4, 0.5) is 5.82 Å². The van der Waals surface area contributed by atoms with Gasteiger partial charge in [0.25, 0.3) is 0 Å². The second-order valence-corrected chi connectivity index (χ2v) is 5.76. The first-order valence-corrected chi connectivity index (χ1v) is 8.36. The van der Waals surface area contributed by atoms with Gasteiger partial charge in [-0.3, -0.25) is 4.98 Å². The normalized spacial score (nSPS) is 10.8. The van der Waals surface area contributed by atoms with E-state index in [4.69, 9.17) is 0 Å². The number of nitrogens with one attached hydrogen (secondary N) is 1. The number of rotatable bonds is 3. The molecule has 0 radical (unpaired) electrons. The first kappa shape index (κ1) is 15.3. The zero-order chi connectivity index (χ0) is 17.1. The Hall–Kier alpha value is -3.27. The smallest absolute Gasteiger partial charge is 0.163 e. The van der Waals surface area contributed by atoms with Crippen LogP contribution in [-0.2, 0) is 0 Å². The molecule has 2 aliphatic carbocycles. The Kier molecular flexibility index (Phi) is 4.09. The zero-order valence-corrected chi connectivity index (χ0v) is 14.0. The number of anilines is 1. The van der Waals surface area contributed by atoms with Crippen molar-refractivity contribution in [3.8, 4) is 22.5 Å². The number of para-hydroxylation sites is 1. The third-order valence-corrected chi connectivity index (χ3v) is 4.09. The lowest BCUT2D eigenvalue weighted by Gasteiger charge is -2.10. The summed E-state index contributed by atoms with van der Waals surface area (Å²) in [7, 11) is 0. The molecule has 3 aromatic rings. The van der Waals surface area contributed by atoms with Crippen molar-refractivity contribution >= 4 is 16.7 Å². The third-order valence-electron chi connectivity index (χ3n) is 4.09. The highest BCUT2D eigenvalue weighted by atomic mass is 15.0. The molecule has 0 bridgehead atoms. The van der Waals surface area contributed by atoms with Gasteiger partial charge in [0.1, 0.15) is 5.82 Å². The minimum absolute atomic E-state index is 0.697. The maximum Gasteiger partial charge on any atom is 0.163 e. The molecule has 0 spiro atoms. The summed E-state index contributed by atoms with van der Waals surface area (Å²) in [5, 5.41) is 4.33. The molecule has 5 rings (SSSR count). The molecule has 0 amide bonds. The quantitative estimate of drug-likeness (QED) is 0.518. The van der Waals surface area contributed by atoms with Crippen molar-refractivity contribution in [1.82, 2.24) is 15.0 Å². The molecule has 0 atom stereocenters. The second-order valence-electron chi connectivity index (χ2n) is 5.76. The summed E-state index contributed by atoms with van der Waals surface area (Å²) in [5.41, 5.74) is 4.71. The lowest BCUT2D eigenvalue weighted by atomic mass is 9.95. The van der Waals surface area contributed by atoms with E-state index in [0.717, 1.165) is 28.8 Å². The molecule has 0 fully saturated rings. The van der Waals surface area contributed by atoms with Crippen molar-refractivity contribution in [2.24, 2.45) is 0 Å². The zero-order valence-electron chi connectivity index (χ0n) is 14.0. The Bertz CT molecular complexity index is 974. The van der Waals surface area contributed by atoms with Gasteiger partial charge >= 0.3 is 0 Å². The molecule has 4 nitrogen and oxygen atoms in total. The average Bonchev–Trinajstić information content (AvgIpc) is 2.66. The Morgan fingerprint density at radius 2 is 1.56 bits per heavy atom. The molecule has 122 valence electrons. The first-order chi connectivity index (χ1) is 12.3. The van der Waals surface area contributed by atoms with E-state index >= 15 is 0 Å². The summed E-state index contributed by atoms with van der Waals surface area (Å²) >= 11 is 0. The fourth-order valence-corrected chi connectivity index (χ4v) is 2.67. The molecule has 2 heterocycles. The Labute approximate surface area is 146 Å². The van der Waals surface area contributed by atoms with Crippen LogP contribution in [-0.4, -0.2) is 21.5 Å². The van der Waals surface area contributed by atoms with E-state index < -0.39 is 0 Å². The number of hydrogen-bond donors (Lipinski definition) is 1. The maximum atomic E-state index is 4.60. The van der Waals surface area contributed by atoms with Crippen molar-refractivity contribution in [3.05, 3.63) is 73.1 Å². The lowest BCUT2D eigenvalue weighted by Crippen LogP contribution is -2.02. The molecule has 2 aliphatic rings. The number of nitrogens with zero attached hydrogens (tertiary/aromatic N) is 3. The molecule has 0 aliphatic heterocycles. The monoisotopic (exact) mass is 326 g/mol. The van der Waals surface area contributed by atoms with Crippen molar-refractivity contribution in [2.45, 2.75) is 6.92 Å². The molecule has 25 heavy (non-hydrogen) atoms. The minimum atomic E-state index is 0.697. The minimum Gasteiger partial charge on any atom is -0.370 e. The Balaban J connectivity index is 0.000000217. The van der Waals surface area contributed by atoms with Gasteiger partial charge in [-0.15, -0.1) is 0 Å². The van der Waals surface area contributed by atoms with Gasteiger partial charge in [-0.25, -0.2) is 9.97 Å². The number of aromatic nitrogens is 3. The van der Waals surface area contributed by atoms with Gasteiger partial charge in [-0.1, -0.05) is 36.4 Å². The topological polar surface area (TPSA) is 50.7 Å². The fraction of sp³-hybridized carbons (Fsp3) is 0.0952. The number of fused-ring (bicyclic) bond motifs is 2. The molecule has 0 saturated heterocycles. The molecule has 0 unspecified atom stereocenters. The average molecular weight is 326 g/mol. The Morgan fingerprint density at radius 3 is 2.16 bits per heavy atom. The van der Waals surface area contributed by atoms with Crippen LogP contribution in [0, 0.1) is 0 Å². The van der Waals surface area contributed by atoms with Gasteiger partial charge in [0, 0.05) is 29.9 Å². The van der Waals surface area contributed by atoms with Crippen LogP contribution < -0.4 is 5.32 Å². The maximum absolute atomic E-state index is 4.60. The molecular weight excluding hydrogens is 308 g/mol. The predicted molar refractivity (Wildman–Crippen MR) is 102 cm³/mol. The van der Waals surface area contributed by atoms with Crippen molar-refractivity contribution in [1.29, 1.82) is 0 Å². The summed E-state index contributed by atoms with van der Waals surface area (Å²) in [6.07, 6.45) is 3.52. The van der Waals surface area contributed by atoms with E-state index in [9.17, 15) is 0 Å². The SMILES string of the molecule is CCNc1nc(-c2cccnc2)nc2ccccc12.c1cc2ccc1-2. The van der Waals surface area contributed by atoms with Crippen LogP contribution in [0.1, 0.15) is 6.92 Å². The fourth-order valence-electron chi connectivity index (χ4n) is 2.67. The molecule has 0 saturated carbocycles. The largest absolute Gasteiger partial charge is 0.370 e. The standard InChI is InChI=1S/C15H14N4.C6H4/c1-2-17-15-12-7-3-4-8-13(12)18-14(19-15)11-6-5-9-16-10-11;1-2-6-4-3-5(1)6/h3-10H,2H2,1H3,(H,17,18,19);1-4H.